The molecule has 2 aromatic rings. The molecular weight excluding hydrogens is 532 g/mol. The number of aliphatic hydroxyl groups excluding tert-OH is 1. The highest BCUT2D eigenvalue weighted by Gasteiger charge is 2.33. The molecule has 1 unspecified atom stereocenters. The molecule has 0 aliphatic carbocycles. The molecular formula is C26H36N2O8S2. The lowest BCUT2D eigenvalue weighted by Crippen LogP contribution is -2.52. The number of rotatable bonds is 13. The van der Waals surface area contributed by atoms with Crippen molar-refractivity contribution in [3.63, 3.8) is 0 Å². The first-order valence-corrected chi connectivity index (χ1v) is 15.9. The van der Waals surface area contributed by atoms with Crippen LogP contribution in [0.2, 0.25) is 0 Å². The minimum atomic E-state index is -4.04. The number of nitrogens with zero attached hydrogens (tertiary/aromatic N) is 1. The molecule has 0 aromatic heterocycles. The van der Waals surface area contributed by atoms with E-state index < -0.39 is 43.8 Å². The van der Waals surface area contributed by atoms with Gasteiger partial charge in [-0.05, 0) is 30.0 Å². The summed E-state index contributed by atoms with van der Waals surface area (Å²) in [5.41, 5.74) is 0.821. The smallest absolute Gasteiger partial charge is 0.243 e. The summed E-state index contributed by atoms with van der Waals surface area (Å²) in [5.74, 6) is -1.00. The third-order valence-electron chi connectivity index (χ3n) is 6.03. The van der Waals surface area contributed by atoms with Gasteiger partial charge in [-0.2, -0.15) is 4.31 Å². The van der Waals surface area contributed by atoms with Crippen molar-refractivity contribution in [3.8, 4) is 11.5 Å². The van der Waals surface area contributed by atoms with Crippen LogP contribution < -0.4 is 14.8 Å². The highest BCUT2D eigenvalue weighted by Crippen LogP contribution is 2.34. The average Bonchev–Trinajstić information content (AvgIpc) is 3.30. The molecule has 1 aliphatic rings. The molecule has 0 spiro atoms. The maximum atomic E-state index is 13.6. The number of amides is 1. The van der Waals surface area contributed by atoms with Gasteiger partial charge in [0.15, 0.2) is 11.5 Å². The zero-order valence-electron chi connectivity index (χ0n) is 22.0. The van der Waals surface area contributed by atoms with Gasteiger partial charge < -0.3 is 19.9 Å². The predicted octanol–water partition coefficient (Wildman–Crippen LogP) is 1.83. The summed E-state index contributed by atoms with van der Waals surface area (Å²) in [6, 6.07) is 12.6. The summed E-state index contributed by atoms with van der Waals surface area (Å²) in [6.07, 6.45) is -0.0105. The monoisotopic (exact) mass is 568 g/mol. The molecule has 3 atom stereocenters. The first-order valence-electron chi connectivity index (χ1n) is 12.4. The van der Waals surface area contributed by atoms with Gasteiger partial charge in [-0.15, -0.1) is 0 Å². The number of benzene rings is 2. The second-order valence-corrected chi connectivity index (χ2v) is 14.2. The van der Waals surface area contributed by atoms with Crippen LogP contribution in [0.25, 0.3) is 0 Å². The molecule has 210 valence electrons. The van der Waals surface area contributed by atoms with Crippen LogP contribution >= 0.6 is 0 Å². The molecule has 3 rings (SSSR count). The first kappa shape index (κ1) is 29.9. The number of fused-ring (bicyclic) bond motifs is 1. The van der Waals surface area contributed by atoms with Crippen LogP contribution in [0.3, 0.4) is 0 Å². The largest absolute Gasteiger partial charge is 0.454 e. The summed E-state index contributed by atoms with van der Waals surface area (Å²) < 4.78 is 62.5. The molecule has 0 saturated carbocycles. The van der Waals surface area contributed by atoms with Gasteiger partial charge in [0.05, 0.1) is 22.8 Å². The van der Waals surface area contributed by atoms with E-state index in [0.717, 1.165) is 11.8 Å². The number of carbonyl (C=O) groups is 1. The minimum absolute atomic E-state index is 0.0000181. The summed E-state index contributed by atoms with van der Waals surface area (Å²) in [5, 5.41) is 14.1. The van der Waals surface area contributed by atoms with E-state index in [-0.39, 0.29) is 42.9 Å². The molecule has 0 fully saturated rings. The quantitative estimate of drug-likeness (QED) is 0.373. The van der Waals surface area contributed by atoms with E-state index in [1.165, 1.54) is 29.4 Å². The van der Waals surface area contributed by atoms with Crippen LogP contribution in [0.15, 0.2) is 53.4 Å². The minimum Gasteiger partial charge on any atom is -0.454 e. The fourth-order valence-corrected chi connectivity index (χ4v) is 6.90. The molecule has 1 amide bonds. The summed E-state index contributed by atoms with van der Waals surface area (Å²) in [4.78, 5) is 12.9. The van der Waals surface area contributed by atoms with Gasteiger partial charge in [0, 0.05) is 31.3 Å². The molecule has 0 radical (unpaired) electrons. The molecule has 0 saturated heterocycles. The van der Waals surface area contributed by atoms with E-state index >= 15 is 0 Å². The van der Waals surface area contributed by atoms with Crippen molar-refractivity contribution in [1.29, 1.82) is 0 Å². The van der Waals surface area contributed by atoms with Crippen molar-refractivity contribution in [1.82, 2.24) is 9.62 Å². The Kier molecular flexibility index (Phi) is 9.80. The fraction of sp³-hybridized carbons (Fsp3) is 0.500. The Labute approximate surface area is 224 Å². The van der Waals surface area contributed by atoms with Crippen molar-refractivity contribution >= 4 is 25.8 Å². The topological polar surface area (TPSA) is 139 Å². The number of aliphatic hydroxyl groups is 1. The van der Waals surface area contributed by atoms with Crippen molar-refractivity contribution < 1.29 is 36.2 Å². The SMILES string of the molecule is CC(C)CN(C[C@@H](O)C(Cc1ccccc1)NC(=O)[C@H](C)CS(C)(=O)=O)S(=O)(=O)c1ccc2c(c1)OCO2. The average molecular weight is 569 g/mol. The number of ether oxygens (including phenoxy) is 2. The molecule has 1 aliphatic heterocycles. The highest BCUT2D eigenvalue weighted by molar-refractivity contribution is 7.90. The van der Waals surface area contributed by atoms with E-state index in [4.69, 9.17) is 9.47 Å². The molecule has 2 aromatic carbocycles. The predicted molar refractivity (Wildman–Crippen MR) is 143 cm³/mol. The van der Waals surface area contributed by atoms with Gasteiger partial charge in [-0.3, -0.25) is 4.79 Å². The molecule has 38 heavy (non-hydrogen) atoms. The maximum absolute atomic E-state index is 13.6. The van der Waals surface area contributed by atoms with Crippen LogP contribution in [0, 0.1) is 11.8 Å². The Bertz CT molecular complexity index is 1310. The van der Waals surface area contributed by atoms with Crippen LogP contribution in [0.4, 0.5) is 0 Å². The lowest BCUT2D eigenvalue weighted by molar-refractivity contribution is -0.125. The normalized spacial score (nSPS) is 15.9. The number of sulfone groups is 1. The summed E-state index contributed by atoms with van der Waals surface area (Å²) >= 11 is 0. The fourth-order valence-electron chi connectivity index (χ4n) is 4.21. The Morgan fingerprint density at radius 3 is 2.29 bits per heavy atom. The number of hydrogen-bond donors (Lipinski definition) is 2. The van der Waals surface area contributed by atoms with Gasteiger partial charge in [0.1, 0.15) is 9.84 Å². The summed E-state index contributed by atoms with van der Waals surface area (Å²) in [6.45, 7) is 5.08. The Morgan fingerprint density at radius 1 is 1.00 bits per heavy atom. The second kappa shape index (κ2) is 12.5. The zero-order chi connectivity index (χ0) is 28.1. The van der Waals surface area contributed by atoms with Gasteiger partial charge >= 0.3 is 0 Å². The lowest BCUT2D eigenvalue weighted by atomic mass is 10.00. The number of carbonyl (C=O) groups excluding carboxylic acids is 1. The van der Waals surface area contributed by atoms with Gasteiger partial charge in [0.25, 0.3) is 0 Å². The molecule has 0 bridgehead atoms. The second-order valence-electron chi connectivity index (χ2n) is 10.1. The van der Waals surface area contributed by atoms with Crippen molar-refractivity contribution in [3.05, 3.63) is 54.1 Å². The molecule has 12 heteroatoms. The maximum Gasteiger partial charge on any atom is 0.243 e. The van der Waals surface area contributed by atoms with Crippen molar-refractivity contribution in [2.75, 3.05) is 31.9 Å². The van der Waals surface area contributed by atoms with Crippen molar-refractivity contribution in [2.45, 2.75) is 44.2 Å². The lowest BCUT2D eigenvalue weighted by Gasteiger charge is -2.31. The van der Waals surface area contributed by atoms with Crippen LogP contribution in [-0.4, -0.2) is 76.2 Å². The third kappa shape index (κ3) is 8.16. The van der Waals surface area contributed by atoms with Gasteiger partial charge in [-0.25, -0.2) is 16.8 Å². The van der Waals surface area contributed by atoms with Gasteiger partial charge in [-0.1, -0.05) is 51.1 Å². The van der Waals surface area contributed by atoms with E-state index in [1.54, 1.807) is 0 Å². The number of nitrogens with one attached hydrogen (secondary N) is 1. The Hall–Kier alpha value is -2.67. The molecule has 2 N–H and O–H groups in total. The van der Waals surface area contributed by atoms with Gasteiger partial charge in [0.2, 0.25) is 22.7 Å². The number of hydrogen-bond acceptors (Lipinski definition) is 8. The first-order chi connectivity index (χ1) is 17.8. The molecule has 1 heterocycles. The van der Waals surface area contributed by atoms with Crippen molar-refractivity contribution in [2.24, 2.45) is 11.8 Å². The Morgan fingerprint density at radius 2 is 1.66 bits per heavy atom. The molecule has 10 nitrogen and oxygen atoms in total. The van der Waals surface area contributed by atoms with Crippen LogP contribution in [0.1, 0.15) is 26.3 Å². The van der Waals surface area contributed by atoms with E-state index in [1.807, 2.05) is 44.2 Å². The third-order valence-corrected chi connectivity index (χ3v) is 8.97. The van der Waals surface area contributed by atoms with E-state index in [0.29, 0.717) is 11.5 Å². The van der Waals surface area contributed by atoms with E-state index in [9.17, 15) is 26.7 Å². The zero-order valence-corrected chi connectivity index (χ0v) is 23.7. The van der Waals surface area contributed by atoms with Crippen LogP contribution in [-0.2, 0) is 31.1 Å². The van der Waals surface area contributed by atoms with Crippen LogP contribution in [0.5, 0.6) is 11.5 Å². The van der Waals surface area contributed by atoms with E-state index in [2.05, 4.69) is 5.32 Å². The number of sulfonamides is 1. The Balaban J connectivity index is 1.86. The summed E-state index contributed by atoms with van der Waals surface area (Å²) in [7, 11) is -7.44. The standard InChI is InChI=1S/C26H36N2O8S2/c1-18(2)14-28(38(33,34)21-10-11-24-25(13-21)36-17-35-24)15-23(29)22(12-20-8-6-5-7-9-20)27-26(30)19(3)16-37(4,31)32/h5-11,13,18-19,22-23,29H,12,14-17H2,1-4H3,(H,27,30)/t19-,22?,23-/m1/s1. The highest BCUT2D eigenvalue weighted by atomic mass is 32.2.